The number of carbonyl (C=O) groups excluding carboxylic acids is 2. The van der Waals surface area contributed by atoms with E-state index in [1.807, 2.05) is 52.7 Å². The maximum atomic E-state index is 11.9. The Morgan fingerprint density at radius 3 is 1.51 bits per heavy atom. The lowest BCUT2D eigenvalue weighted by Gasteiger charge is -2.38. The van der Waals surface area contributed by atoms with Gasteiger partial charge in [0.25, 0.3) is 0 Å². The number of amides is 3. The number of benzene rings is 4. The lowest BCUT2D eigenvalue weighted by molar-refractivity contribution is -0.129. The van der Waals surface area contributed by atoms with E-state index >= 15 is 0 Å². The molecule has 8 fully saturated rings. The maximum absolute atomic E-state index is 11.9. The predicted octanol–water partition coefficient (Wildman–Crippen LogP) is 8.62. The van der Waals surface area contributed by atoms with Gasteiger partial charge in [-0.25, -0.2) is 25.9 Å². The van der Waals surface area contributed by atoms with Gasteiger partial charge in [0, 0.05) is 128 Å². The summed E-state index contributed by atoms with van der Waals surface area (Å²) in [7, 11) is -6.09. The van der Waals surface area contributed by atoms with Gasteiger partial charge in [0.15, 0.2) is 0 Å². The fraction of sp³-hybridized carbons (Fsp3) is 0.492. The summed E-state index contributed by atoms with van der Waals surface area (Å²) in [6.45, 7) is 9.68. The molecule has 8 aromatic rings. The Morgan fingerprint density at radius 1 is 0.560 bits per heavy atom. The number of anilines is 2. The minimum Gasteiger partial charge on any atom is -0.368 e. The quantitative estimate of drug-likeness (QED) is 0.101. The molecule has 0 bridgehead atoms. The Morgan fingerprint density at radius 2 is 1.02 bits per heavy atom. The molecule has 3 amide bonds. The highest BCUT2D eigenvalue weighted by Crippen LogP contribution is 2.45. The molecule has 4 aromatic carbocycles. The van der Waals surface area contributed by atoms with E-state index in [0.29, 0.717) is 73.5 Å². The van der Waals surface area contributed by atoms with Crippen molar-refractivity contribution < 1.29 is 26.4 Å². The molecule has 21 nitrogen and oxygen atoms in total. The molecule has 2 saturated carbocycles. The van der Waals surface area contributed by atoms with Crippen molar-refractivity contribution in [2.45, 2.75) is 100 Å². The van der Waals surface area contributed by atoms with Gasteiger partial charge >= 0.3 is 6.03 Å². The molecule has 2 unspecified atom stereocenters. The van der Waals surface area contributed by atoms with Crippen LogP contribution in [0.2, 0.25) is 10.0 Å². The van der Waals surface area contributed by atoms with Crippen LogP contribution in [0.3, 0.4) is 0 Å². The smallest absolute Gasteiger partial charge is 0.317 e. The van der Waals surface area contributed by atoms with Crippen molar-refractivity contribution in [3.8, 4) is 0 Å². The normalized spacial score (nSPS) is 22.3. The summed E-state index contributed by atoms with van der Waals surface area (Å²) < 4.78 is 50.4. The number of urea groups is 1. The summed E-state index contributed by atoms with van der Waals surface area (Å²) in [6, 6.07) is 17.2. The molecule has 2 atom stereocenters. The third kappa shape index (κ3) is 11.8. The summed E-state index contributed by atoms with van der Waals surface area (Å²) in [5.74, 6) is 2.92. The van der Waals surface area contributed by atoms with Gasteiger partial charge in [-0.15, -0.1) is 0 Å². The third-order valence-electron chi connectivity index (χ3n) is 18.5. The van der Waals surface area contributed by atoms with Crippen LogP contribution < -0.4 is 15.1 Å². The molecular weight excluding hydrogens is 1150 g/mol. The largest absolute Gasteiger partial charge is 0.368 e. The Hall–Kier alpha value is -6.50. The van der Waals surface area contributed by atoms with Crippen molar-refractivity contribution in [3.63, 3.8) is 0 Å². The number of carbonyl (C=O) groups is 2. The number of aromatic nitrogens is 8. The Bertz CT molecular complexity index is 3990. The first-order chi connectivity index (χ1) is 40.5. The van der Waals surface area contributed by atoms with Crippen LogP contribution in [0.5, 0.6) is 0 Å². The minimum absolute atomic E-state index is 0.0502. The minimum atomic E-state index is -3.06. The van der Waals surface area contributed by atoms with Gasteiger partial charge < -0.3 is 24.9 Å². The highest BCUT2D eigenvalue weighted by atomic mass is 35.5. The molecule has 25 heteroatoms. The van der Waals surface area contributed by atoms with E-state index in [2.05, 4.69) is 80.2 Å². The van der Waals surface area contributed by atoms with Gasteiger partial charge in [-0.2, -0.15) is 24.7 Å². The number of nitrogens with zero attached hydrogens (tertiary/aromatic N) is 10. The van der Waals surface area contributed by atoms with E-state index < -0.39 is 20.0 Å². The van der Waals surface area contributed by atoms with E-state index in [4.69, 9.17) is 23.2 Å². The first kappa shape index (κ1) is 56.6. The number of fused-ring (bicyclic) bond motifs is 6. The van der Waals surface area contributed by atoms with Crippen molar-refractivity contribution in [1.82, 2.24) is 64.5 Å². The van der Waals surface area contributed by atoms with Crippen LogP contribution in [-0.4, -0.2) is 184 Å². The fourth-order valence-corrected chi connectivity index (χ4v) is 16.7. The predicted molar refractivity (Wildman–Crippen MR) is 328 cm³/mol. The summed E-state index contributed by atoms with van der Waals surface area (Å²) in [5.41, 5.74) is 11.9. The van der Waals surface area contributed by atoms with Crippen LogP contribution in [0.15, 0.2) is 73.3 Å². The van der Waals surface area contributed by atoms with Gasteiger partial charge in [0.2, 0.25) is 26.0 Å². The molecule has 5 N–H and O–H groups in total. The highest BCUT2D eigenvalue weighted by Gasteiger charge is 2.42. The molecule has 6 aliphatic heterocycles. The standard InChI is InChI=1S/C17H21N3O.C16H21N3O2S.C13H14ClN5O.C13H15ClN4O2S/c1-11(21)20-6-4-13(5-7-20)15-8-14(12-2-3-12)9-17-16(15)10-18-19-17;1-22(20,21)19-6-4-12(5-7-19)14-8-13(11-2-3-11)9-16-15(14)10-17-18-16;14-8-3-11-10(6-16-17-11)12(4-8)18-1-2-19-9(7-18)5-15-13(19)20;14-9-5-12-11(7-15-16-12)13(6-9)17-2-3-18-10(8-17)1-4-21(18,19)20/h8-10,12-13H,2-7H2,1H3,(H,18,19);8-12H,2-7H2,1H3,(H,17,18);3-4,6,9H,1-2,5,7H2,(H,15,20)(H,16,17);5-7,10H,1-4,8H2,(H,15,16). The molecule has 10 heterocycles. The lowest BCUT2D eigenvalue weighted by Crippen LogP contribution is -2.52. The molecule has 444 valence electrons. The maximum Gasteiger partial charge on any atom is 0.317 e. The summed E-state index contributed by atoms with van der Waals surface area (Å²) in [4.78, 5) is 31.5. The molecule has 8 aliphatic rings. The van der Waals surface area contributed by atoms with Gasteiger partial charge in [-0.1, -0.05) is 35.3 Å². The number of H-pyrrole nitrogens is 4. The van der Waals surface area contributed by atoms with Crippen molar-refractivity contribution in [3.05, 3.63) is 106 Å². The molecule has 6 saturated heterocycles. The molecule has 4 aromatic heterocycles. The Balaban J connectivity index is 0.000000105. The SMILES string of the molecule is CC(=O)N1CCC(c2cc(C3CC3)cc3[nH]ncc23)CC1.CS(=O)(=O)N1CCC(c2cc(C3CC3)cc3[nH]ncc23)CC1.O=C1NCC2CN(c3cc(Cl)cc4[nH]ncc34)CCN12.O=S1(=O)CCC2CN(c3cc(Cl)cc4[nH]ncc34)CCN21. The number of halogens is 2. The Kier molecular flexibility index (Phi) is 15.5. The van der Waals surface area contributed by atoms with E-state index in [1.165, 1.54) is 70.5 Å². The van der Waals surface area contributed by atoms with Crippen LogP contribution >= 0.6 is 23.2 Å². The van der Waals surface area contributed by atoms with Crippen molar-refractivity contribution in [2.75, 3.05) is 93.8 Å². The van der Waals surface area contributed by atoms with E-state index in [1.54, 1.807) is 21.7 Å². The van der Waals surface area contributed by atoms with Gasteiger partial charge in [0.05, 0.1) is 64.9 Å². The second kappa shape index (κ2) is 23.1. The molecule has 0 radical (unpaired) electrons. The fourth-order valence-electron chi connectivity index (χ4n) is 13.6. The number of piperazine rings is 2. The monoisotopic (exact) mass is 1220 g/mol. The third-order valence-corrected chi connectivity index (χ3v) is 22.2. The van der Waals surface area contributed by atoms with Crippen molar-refractivity contribution in [2.24, 2.45) is 0 Å². The van der Waals surface area contributed by atoms with Crippen molar-refractivity contribution >= 4 is 110 Å². The van der Waals surface area contributed by atoms with Crippen molar-refractivity contribution in [1.29, 1.82) is 0 Å². The zero-order valence-corrected chi connectivity index (χ0v) is 50.4. The summed E-state index contributed by atoms with van der Waals surface area (Å²) >= 11 is 12.4. The van der Waals surface area contributed by atoms with Gasteiger partial charge in [-0.3, -0.25) is 25.2 Å². The van der Waals surface area contributed by atoms with Gasteiger partial charge in [0.1, 0.15) is 0 Å². The number of nitrogens with one attached hydrogen (secondary N) is 5. The molecule has 16 rings (SSSR count). The number of likely N-dealkylation sites (tertiary alicyclic amines) is 1. The second-order valence-electron chi connectivity index (χ2n) is 24.0. The zero-order chi connectivity index (χ0) is 58.0. The average molecular weight is 1220 g/mol. The first-order valence-corrected chi connectivity index (χ1v) is 33.7. The number of sulfonamides is 2. The lowest BCUT2D eigenvalue weighted by atomic mass is 9.86. The van der Waals surface area contributed by atoms with Crippen LogP contribution in [0, 0.1) is 0 Å². The number of hydrogen-bond donors (Lipinski definition) is 5. The van der Waals surface area contributed by atoms with Crippen LogP contribution in [0.25, 0.3) is 43.6 Å². The van der Waals surface area contributed by atoms with E-state index in [9.17, 15) is 26.4 Å². The molecule has 0 spiro atoms. The summed E-state index contributed by atoms with van der Waals surface area (Å²) in [5, 5.41) is 37.5. The van der Waals surface area contributed by atoms with Gasteiger partial charge in [-0.05, 0) is 140 Å². The number of rotatable bonds is 7. The number of hydrogen-bond acceptors (Lipinski definition) is 12. The van der Waals surface area contributed by atoms with Crippen LogP contribution in [0.4, 0.5) is 16.2 Å². The number of piperidine rings is 2. The van der Waals surface area contributed by atoms with Crippen LogP contribution in [0.1, 0.15) is 111 Å². The highest BCUT2D eigenvalue weighted by molar-refractivity contribution is 7.89. The molecule has 2 aliphatic carbocycles. The Labute approximate surface area is 498 Å². The first-order valence-electron chi connectivity index (χ1n) is 29.4. The second-order valence-corrected chi connectivity index (χ2v) is 28.9. The van der Waals surface area contributed by atoms with E-state index in [-0.39, 0.29) is 29.8 Å². The average Bonchev–Trinajstić information content (AvgIpc) is 3.02. The van der Waals surface area contributed by atoms with Crippen LogP contribution in [-0.2, 0) is 24.8 Å². The summed E-state index contributed by atoms with van der Waals surface area (Å²) in [6.07, 6.45) is 18.6. The number of aromatic amines is 4. The molecule has 84 heavy (non-hydrogen) atoms. The topological polar surface area (TPSA) is 249 Å². The van der Waals surface area contributed by atoms with E-state index in [0.717, 1.165) is 103 Å². The molecular formula is C59H71Cl2N15O6S2. The zero-order valence-electron chi connectivity index (χ0n) is 47.2.